The molecule has 3 rings (SSSR count). The van der Waals surface area contributed by atoms with Gasteiger partial charge in [-0.1, -0.05) is 0 Å². The first-order chi connectivity index (χ1) is 8.27. The molecular formula is C13H23N3O. The van der Waals surface area contributed by atoms with Crippen molar-refractivity contribution in [2.24, 2.45) is 5.41 Å². The number of piperidine rings is 2. The minimum absolute atomic E-state index is 0.178. The number of nitrogens with zero attached hydrogens (tertiary/aromatic N) is 1. The van der Waals surface area contributed by atoms with Crippen LogP contribution in [0.4, 0.5) is 4.79 Å². The number of likely N-dealkylation sites (tertiary alicyclic amines) is 1. The number of amides is 2. The molecule has 1 saturated carbocycles. The number of hydrogen-bond donors (Lipinski definition) is 2. The highest BCUT2D eigenvalue weighted by molar-refractivity contribution is 5.75. The second kappa shape index (κ2) is 4.48. The van der Waals surface area contributed by atoms with E-state index in [4.69, 9.17) is 0 Å². The van der Waals surface area contributed by atoms with Crippen molar-refractivity contribution in [3.05, 3.63) is 0 Å². The summed E-state index contributed by atoms with van der Waals surface area (Å²) in [4.78, 5) is 14.1. The molecule has 4 nitrogen and oxygen atoms in total. The van der Waals surface area contributed by atoms with Gasteiger partial charge in [-0.3, -0.25) is 0 Å². The highest BCUT2D eigenvalue weighted by atomic mass is 16.2. The quantitative estimate of drug-likeness (QED) is 0.722. The van der Waals surface area contributed by atoms with Crippen LogP contribution in [0.25, 0.3) is 0 Å². The zero-order chi connectivity index (χ0) is 11.7. The Morgan fingerprint density at radius 2 is 2.12 bits per heavy atom. The molecule has 4 heteroatoms. The van der Waals surface area contributed by atoms with Gasteiger partial charge in [0, 0.05) is 31.1 Å². The fourth-order valence-electron chi connectivity index (χ4n) is 3.25. The lowest BCUT2D eigenvalue weighted by Crippen LogP contribution is -2.54. The van der Waals surface area contributed by atoms with E-state index in [-0.39, 0.29) is 6.03 Å². The van der Waals surface area contributed by atoms with Crippen molar-refractivity contribution in [3.63, 3.8) is 0 Å². The van der Waals surface area contributed by atoms with E-state index in [1.165, 1.54) is 38.5 Å². The first kappa shape index (κ1) is 11.3. The van der Waals surface area contributed by atoms with E-state index in [0.29, 0.717) is 11.5 Å². The van der Waals surface area contributed by atoms with Gasteiger partial charge < -0.3 is 15.5 Å². The molecule has 0 aromatic heterocycles. The topological polar surface area (TPSA) is 44.4 Å². The summed E-state index contributed by atoms with van der Waals surface area (Å²) in [5, 5.41) is 6.61. The van der Waals surface area contributed by atoms with Crippen LogP contribution in [0, 0.1) is 5.41 Å². The first-order valence-corrected chi connectivity index (χ1v) is 7.04. The van der Waals surface area contributed by atoms with Crippen LogP contribution >= 0.6 is 0 Å². The molecular weight excluding hydrogens is 214 g/mol. The lowest BCUT2D eigenvalue weighted by atomic mass is 9.74. The maximum atomic E-state index is 12.1. The molecule has 17 heavy (non-hydrogen) atoms. The van der Waals surface area contributed by atoms with Crippen molar-refractivity contribution >= 4 is 6.03 Å². The second-order valence-electron chi connectivity index (χ2n) is 6.03. The molecule has 0 radical (unpaired) electrons. The van der Waals surface area contributed by atoms with Gasteiger partial charge in [-0.25, -0.2) is 4.79 Å². The molecule has 1 atom stereocenters. The Bertz CT molecular complexity index is 290. The summed E-state index contributed by atoms with van der Waals surface area (Å²) in [5.41, 5.74) is 0.372. The van der Waals surface area contributed by atoms with E-state index < -0.39 is 0 Å². The molecule has 0 aromatic rings. The van der Waals surface area contributed by atoms with Gasteiger partial charge in [-0.05, 0) is 45.1 Å². The average Bonchev–Trinajstić information content (AvgIpc) is 3.14. The van der Waals surface area contributed by atoms with E-state index in [9.17, 15) is 4.79 Å². The molecule has 0 bridgehead atoms. The lowest BCUT2D eigenvalue weighted by molar-refractivity contribution is 0.0813. The van der Waals surface area contributed by atoms with E-state index in [1.807, 2.05) is 0 Å². The van der Waals surface area contributed by atoms with Gasteiger partial charge in [0.15, 0.2) is 0 Å². The molecule has 2 saturated heterocycles. The summed E-state index contributed by atoms with van der Waals surface area (Å²) in [6.45, 7) is 4.15. The molecule has 1 spiro atoms. The molecule has 3 fully saturated rings. The van der Waals surface area contributed by atoms with Crippen molar-refractivity contribution in [3.8, 4) is 0 Å². The third-order valence-corrected chi connectivity index (χ3v) is 4.41. The molecule has 1 aliphatic carbocycles. The molecule has 2 amide bonds. The second-order valence-corrected chi connectivity index (χ2v) is 6.03. The number of urea groups is 1. The van der Waals surface area contributed by atoms with Crippen LogP contribution in [0.3, 0.4) is 0 Å². The SMILES string of the molecule is O=C(NC1CC1)N1CCCC2(CCCNC2)C1. The highest BCUT2D eigenvalue weighted by Crippen LogP contribution is 2.36. The summed E-state index contributed by atoms with van der Waals surface area (Å²) in [5.74, 6) is 0. The summed E-state index contributed by atoms with van der Waals surface area (Å²) >= 11 is 0. The third kappa shape index (κ3) is 2.57. The molecule has 2 aliphatic heterocycles. The lowest BCUT2D eigenvalue weighted by Gasteiger charge is -2.45. The molecule has 96 valence electrons. The third-order valence-electron chi connectivity index (χ3n) is 4.41. The largest absolute Gasteiger partial charge is 0.335 e. The van der Waals surface area contributed by atoms with Crippen LogP contribution in [0.2, 0.25) is 0 Å². The summed E-state index contributed by atoms with van der Waals surface area (Å²) < 4.78 is 0. The van der Waals surface area contributed by atoms with Crippen LogP contribution in [-0.4, -0.2) is 43.2 Å². The Morgan fingerprint density at radius 1 is 1.29 bits per heavy atom. The fourth-order valence-corrected chi connectivity index (χ4v) is 3.25. The Labute approximate surface area is 103 Å². The monoisotopic (exact) mass is 237 g/mol. The highest BCUT2D eigenvalue weighted by Gasteiger charge is 2.38. The van der Waals surface area contributed by atoms with Crippen LogP contribution in [0.5, 0.6) is 0 Å². The smallest absolute Gasteiger partial charge is 0.317 e. The van der Waals surface area contributed by atoms with E-state index >= 15 is 0 Å². The van der Waals surface area contributed by atoms with Crippen molar-refractivity contribution in [1.82, 2.24) is 15.5 Å². The average molecular weight is 237 g/mol. The van der Waals surface area contributed by atoms with Crippen molar-refractivity contribution in [1.29, 1.82) is 0 Å². The maximum Gasteiger partial charge on any atom is 0.317 e. The molecule has 2 heterocycles. The zero-order valence-corrected chi connectivity index (χ0v) is 10.5. The standard InChI is InChI=1S/C13H23N3O/c17-12(15-11-3-4-11)16-8-2-6-13(10-16)5-1-7-14-9-13/h11,14H,1-10H2,(H,15,17). The molecule has 2 N–H and O–H groups in total. The van der Waals surface area contributed by atoms with Crippen LogP contribution in [0.15, 0.2) is 0 Å². The van der Waals surface area contributed by atoms with Gasteiger partial charge in [0.2, 0.25) is 0 Å². The Morgan fingerprint density at radius 3 is 2.82 bits per heavy atom. The minimum atomic E-state index is 0.178. The Kier molecular flexibility index (Phi) is 2.99. The predicted octanol–water partition coefficient (Wildman–Crippen LogP) is 1.32. The predicted molar refractivity (Wildman–Crippen MR) is 66.9 cm³/mol. The summed E-state index contributed by atoms with van der Waals surface area (Å²) in [6, 6.07) is 0.655. The molecule has 1 unspecified atom stereocenters. The van der Waals surface area contributed by atoms with Gasteiger partial charge in [0.1, 0.15) is 0 Å². The van der Waals surface area contributed by atoms with Crippen molar-refractivity contribution < 1.29 is 4.79 Å². The van der Waals surface area contributed by atoms with Crippen molar-refractivity contribution in [2.45, 2.75) is 44.6 Å². The Hall–Kier alpha value is -0.770. The van der Waals surface area contributed by atoms with Gasteiger partial charge in [-0.2, -0.15) is 0 Å². The van der Waals surface area contributed by atoms with Crippen LogP contribution < -0.4 is 10.6 Å². The normalized spacial score (nSPS) is 33.8. The molecule has 0 aromatic carbocycles. The maximum absolute atomic E-state index is 12.1. The number of nitrogens with one attached hydrogen (secondary N) is 2. The zero-order valence-electron chi connectivity index (χ0n) is 10.5. The number of rotatable bonds is 1. The van der Waals surface area contributed by atoms with Gasteiger partial charge in [-0.15, -0.1) is 0 Å². The van der Waals surface area contributed by atoms with Gasteiger partial charge in [0.25, 0.3) is 0 Å². The van der Waals surface area contributed by atoms with Gasteiger partial charge >= 0.3 is 6.03 Å². The summed E-state index contributed by atoms with van der Waals surface area (Å²) in [6.07, 6.45) is 7.34. The van der Waals surface area contributed by atoms with E-state index in [0.717, 1.165) is 26.2 Å². The van der Waals surface area contributed by atoms with Crippen LogP contribution in [0.1, 0.15) is 38.5 Å². The number of carbonyl (C=O) groups excluding carboxylic acids is 1. The fraction of sp³-hybridized carbons (Fsp3) is 0.923. The van der Waals surface area contributed by atoms with E-state index in [1.54, 1.807) is 0 Å². The minimum Gasteiger partial charge on any atom is -0.335 e. The van der Waals surface area contributed by atoms with E-state index in [2.05, 4.69) is 15.5 Å². The number of hydrogen-bond acceptors (Lipinski definition) is 2. The summed E-state index contributed by atoms with van der Waals surface area (Å²) in [7, 11) is 0. The molecule has 3 aliphatic rings. The Balaban J connectivity index is 1.59. The van der Waals surface area contributed by atoms with Gasteiger partial charge in [0.05, 0.1) is 0 Å². The van der Waals surface area contributed by atoms with Crippen molar-refractivity contribution in [2.75, 3.05) is 26.2 Å². The first-order valence-electron chi connectivity index (χ1n) is 7.04. The number of carbonyl (C=O) groups is 1. The van der Waals surface area contributed by atoms with Crippen LogP contribution in [-0.2, 0) is 0 Å².